The van der Waals surface area contributed by atoms with E-state index in [9.17, 15) is 4.79 Å². The van der Waals surface area contributed by atoms with Crippen LogP contribution in [0.3, 0.4) is 0 Å². The van der Waals surface area contributed by atoms with Crippen molar-refractivity contribution in [3.63, 3.8) is 0 Å². The van der Waals surface area contributed by atoms with E-state index < -0.39 is 5.91 Å². The minimum atomic E-state index is -0.428. The average molecular weight is 202 g/mol. The van der Waals surface area contributed by atoms with Gasteiger partial charge in [-0.15, -0.1) is 10.2 Å². The molecule has 0 spiro atoms. The summed E-state index contributed by atoms with van der Waals surface area (Å²) in [6.45, 7) is 1.84. The number of hydrogen-bond acceptors (Lipinski definition) is 3. The Morgan fingerprint density at radius 3 is 2.60 bits per heavy atom. The highest BCUT2D eigenvalue weighted by Gasteiger charge is 2.06. The third kappa shape index (κ3) is 1.71. The zero-order valence-electron chi connectivity index (χ0n) is 8.21. The first-order valence-corrected chi connectivity index (χ1v) is 4.44. The number of nitrogens with two attached hydrogens (primary N) is 1. The van der Waals surface area contributed by atoms with E-state index in [0.717, 1.165) is 11.3 Å². The molecule has 0 unspecified atom stereocenters. The van der Waals surface area contributed by atoms with E-state index in [4.69, 9.17) is 5.73 Å². The SMILES string of the molecule is Cc1ccc(-n2cnnc2)cc1C(N)=O. The Hall–Kier alpha value is -2.17. The molecule has 1 aromatic carbocycles. The van der Waals surface area contributed by atoms with Gasteiger partial charge in [-0.25, -0.2) is 0 Å². The molecule has 0 bridgehead atoms. The molecule has 15 heavy (non-hydrogen) atoms. The number of benzene rings is 1. The molecule has 1 aromatic heterocycles. The zero-order chi connectivity index (χ0) is 10.8. The molecule has 2 N–H and O–H groups in total. The maximum atomic E-state index is 11.1. The fourth-order valence-electron chi connectivity index (χ4n) is 1.37. The zero-order valence-corrected chi connectivity index (χ0v) is 8.21. The highest BCUT2D eigenvalue weighted by atomic mass is 16.1. The molecule has 76 valence electrons. The molecule has 0 aliphatic carbocycles. The summed E-state index contributed by atoms with van der Waals surface area (Å²) in [6, 6.07) is 5.45. The first kappa shape index (κ1) is 9.39. The lowest BCUT2D eigenvalue weighted by molar-refractivity contribution is 0.0999. The molecular formula is C10H10N4O. The van der Waals surface area contributed by atoms with Gasteiger partial charge in [-0.2, -0.15) is 0 Å². The van der Waals surface area contributed by atoms with Crippen molar-refractivity contribution in [1.29, 1.82) is 0 Å². The quantitative estimate of drug-likeness (QED) is 0.778. The average Bonchev–Trinajstić information content (AvgIpc) is 2.71. The van der Waals surface area contributed by atoms with E-state index in [1.54, 1.807) is 23.3 Å². The second-order valence-electron chi connectivity index (χ2n) is 3.23. The van der Waals surface area contributed by atoms with Gasteiger partial charge in [0.2, 0.25) is 5.91 Å². The maximum Gasteiger partial charge on any atom is 0.249 e. The second kappa shape index (κ2) is 3.53. The summed E-state index contributed by atoms with van der Waals surface area (Å²) in [5.74, 6) is -0.428. The van der Waals surface area contributed by atoms with E-state index in [0.29, 0.717) is 5.56 Å². The van der Waals surface area contributed by atoms with Gasteiger partial charge in [0, 0.05) is 11.3 Å². The van der Waals surface area contributed by atoms with Crippen LogP contribution in [0.2, 0.25) is 0 Å². The van der Waals surface area contributed by atoms with Crippen LogP contribution in [-0.4, -0.2) is 20.7 Å². The predicted molar refractivity (Wildman–Crippen MR) is 54.6 cm³/mol. The van der Waals surface area contributed by atoms with Crippen molar-refractivity contribution < 1.29 is 4.79 Å². The number of aryl methyl sites for hydroxylation is 1. The molecule has 0 aliphatic rings. The largest absolute Gasteiger partial charge is 0.366 e. The summed E-state index contributed by atoms with van der Waals surface area (Å²) < 4.78 is 1.71. The third-order valence-electron chi connectivity index (χ3n) is 2.20. The van der Waals surface area contributed by atoms with Crippen molar-refractivity contribution in [3.05, 3.63) is 42.0 Å². The fraction of sp³-hybridized carbons (Fsp3) is 0.100. The van der Waals surface area contributed by atoms with Crippen LogP contribution in [0.5, 0.6) is 0 Å². The van der Waals surface area contributed by atoms with Crippen LogP contribution in [0.25, 0.3) is 5.69 Å². The van der Waals surface area contributed by atoms with Crippen molar-refractivity contribution in [2.75, 3.05) is 0 Å². The van der Waals surface area contributed by atoms with Gasteiger partial charge in [0.25, 0.3) is 0 Å². The summed E-state index contributed by atoms with van der Waals surface area (Å²) in [5, 5.41) is 7.38. The van der Waals surface area contributed by atoms with Crippen LogP contribution < -0.4 is 5.73 Å². The topological polar surface area (TPSA) is 73.8 Å². The highest BCUT2D eigenvalue weighted by molar-refractivity contribution is 5.94. The van der Waals surface area contributed by atoms with Gasteiger partial charge in [-0.05, 0) is 24.6 Å². The molecule has 2 aromatic rings. The van der Waals surface area contributed by atoms with Gasteiger partial charge in [0.1, 0.15) is 12.7 Å². The first-order valence-electron chi connectivity index (χ1n) is 4.44. The van der Waals surface area contributed by atoms with E-state index in [-0.39, 0.29) is 0 Å². The lowest BCUT2D eigenvalue weighted by Gasteiger charge is -2.05. The molecule has 5 heteroatoms. The Kier molecular flexibility index (Phi) is 2.21. The van der Waals surface area contributed by atoms with Crippen molar-refractivity contribution in [3.8, 4) is 5.69 Å². The van der Waals surface area contributed by atoms with E-state index in [1.165, 1.54) is 0 Å². The minimum Gasteiger partial charge on any atom is -0.366 e. The van der Waals surface area contributed by atoms with Crippen LogP contribution in [0.4, 0.5) is 0 Å². The van der Waals surface area contributed by atoms with Crippen LogP contribution >= 0.6 is 0 Å². The second-order valence-corrected chi connectivity index (χ2v) is 3.23. The smallest absolute Gasteiger partial charge is 0.249 e. The third-order valence-corrected chi connectivity index (χ3v) is 2.20. The van der Waals surface area contributed by atoms with E-state index in [1.807, 2.05) is 19.1 Å². The molecule has 0 atom stereocenters. The molecule has 0 saturated heterocycles. The number of hydrogen-bond donors (Lipinski definition) is 1. The Balaban J connectivity index is 2.52. The molecule has 0 fully saturated rings. The van der Waals surface area contributed by atoms with Crippen molar-refractivity contribution >= 4 is 5.91 Å². The maximum absolute atomic E-state index is 11.1. The number of carbonyl (C=O) groups excluding carboxylic acids is 1. The van der Waals surface area contributed by atoms with Crippen LogP contribution in [0, 0.1) is 6.92 Å². The molecule has 2 rings (SSSR count). The first-order chi connectivity index (χ1) is 7.18. The van der Waals surface area contributed by atoms with Gasteiger partial charge in [0.05, 0.1) is 0 Å². The molecule has 0 saturated carbocycles. The number of aromatic nitrogens is 3. The van der Waals surface area contributed by atoms with Crippen LogP contribution in [0.15, 0.2) is 30.9 Å². The predicted octanol–water partition coefficient (Wildman–Crippen LogP) is 0.675. The minimum absolute atomic E-state index is 0.428. The molecule has 1 heterocycles. The lowest BCUT2D eigenvalue weighted by Crippen LogP contribution is -2.13. The van der Waals surface area contributed by atoms with Crippen LogP contribution in [0.1, 0.15) is 15.9 Å². The van der Waals surface area contributed by atoms with Gasteiger partial charge in [-0.1, -0.05) is 6.07 Å². The van der Waals surface area contributed by atoms with Crippen molar-refractivity contribution in [2.24, 2.45) is 5.73 Å². The molecule has 5 nitrogen and oxygen atoms in total. The monoisotopic (exact) mass is 202 g/mol. The van der Waals surface area contributed by atoms with Gasteiger partial charge in [0.15, 0.2) is 0 Å². The molecule has 1 amide bonds. The van der Waals surface area contributed by atoms with Crippen molar-refractivity contribution in [1.82, 2.24) is 14.8 Å². The van der Waals surface area contributed by atoms with Gasteiger partial charge in [-0.3, -0.25) is 9.36 Å². The lowest BCUT2D eigenvalue weighted by atomic mass is 10.1. The van der Waals surface area contributed by atoms with Crippen molar-refractivity contribution in [2.45, 2.75) is 6.92 Å². The Morgan fingerprint density at radius 1 is 1.33 bits per heavy atom. The standard InChI is InChI=1S/C10H10N4O/c1-7-2-3-8(4-9(7)10(11)15)14-5-12-13-6-14/h2-6H,1H3,(H2,11,15). The highest BCUT2D eigenvalue weighted by Crippen LogP contribution is 2.13. The summed E-state index contributed by atoms with van der Waals surface area (Å²) in [5.41, 5.74) is 7.45. The molecule has 0 radical (unpaired) electrons. The number of rotatable bonds is 2. The van der Waals surface area contributed by atoms with E-state index >= 15 is 0 Å². The number of primary amides is 1. The molecular weight excluding hydrogens is 192 g/mol. The molecule has 0 aliphatic heterocycles. The van der Waals surface area contributed by atoms with Gasteiger partial charge < -0.3 is 5.73 Å². The summed E-state index contributed by atoms with van der Waals surface area (Å²) in [7, 11) is 0. The summed E-state index contributed by atoms with van der Waals surface area (Å²) in [6.07, 6.45) is 3.13. The normalized spacial score (nSPS) is 10.2. The van der Waals surface area contributed by atoms with E-state index in [2.05, 4.69) is 10.2 Å². The van der Waals surface area contributed by atoms with Crippen LogP contribution in [-0.2, 0) is 0 Å². The fourth-order valence-corrected chi connectivity index (χ4v) is 1.37. The number of amides is 1. The Morgan fingerprint density at radius 2 is 2.00 bits per heavy atom. The summed E-state index contributed by atoms with van der Waals surface area (Å²) >= 11 is 0. The Labute approximate surface area is 86.5 Å². The number of carbonyl (C=O) groups is 1. The Bertz CT molecular complexity index is 490. The number of nitrogens with zero attached hydrogens (tertiary/aromatic N) is 3. The van der Waals surface area contributed by atoms with Gasteiger partial charge >= 0.3 is 0 Å². The summed E-state index contributed by atoms with van der Waals surface area (Å²) in [4.78, 5) is 11.1.